The highest BCUT2D eigenvalue weighted by molar-refractivity contribution is 5.88. The van der Waals surface area contributed by atoms with E-state index in [0.717, 1.165) is 31.1 Å². The van der Waals surface area contributed by atoms with Gasteiger partial charge in [0.15, 0.2) is 5.78 Å². The van der Waals surface area contributed by atoms with Crippen LogP contribution in [0.5, 0.6) is 0 Å². The van der Waals surface area contributed by atoms with Gasteiger partial charge in [-0.05, 0) is 145 Å². The molecule has 264 valence electrons. The molecule has 7 atom stereocenters. The lowest BCUT2D eigenvalue weighted by Gasteiger charge is -2.42. The summed E-state index contributed by atoms with van der Waals surface area (Å²) >= 11 is 0. The second-order valence-electron chi connectivity index (χ2n) is 18.3. The fraction of sp³-hybridized carbons (Fsp3) is 0.780. The third-order valence-electron chi connectivity index (χ3n) is 11.6. The van der Waals surface area contributed by atoms with E-state index in [1.165, 1.54) is 56.2 Å². The summed E-state index contributed by atoms with van der Waals surface area (Å²) in [6, 6.07) is 10.1. The Morgan fingerprint density at radius 3 is 1.45 bits per heavy atom. The van der Waals surface area contributed by atoms with Crippen molar-refractivity contribution in [3.05, 3.63) is 29.8 Å². The van der Waals surface area contributed by atoms with Crippen LogP contribution in [0, 0.1) is 11.8 Å². The predicted molar refractivity (Wildman–Crippen MR) is 195 cm³/mol. The van der Waals surface area contributed by atoms with Gasteiger partial charge < -0.3 is 4.90 Å². The quantitative estimate of drug-likeness (QED) is 0.328. The second kappa shape index (κ2) is 14.4. The standard InChI is InChI=1S/C14H25NO.C14H19NO.C13H23NO/c2*1-10(16)13-9-11-7-5-6-8-12(11)15(13)14(2,3)4;1-9(15)12-8-10-6-5-7-11(10)14(12)13(2,3)4/h11-13H,5-9H2,1-4H3;5-8,13H,9H2,1-4H3;10-12H,5-8H2,1-4H3. The smallest absolute Gasteiger partial charge is 0.152 e. The number of carbonyl (C=O) groups is 3. The lowest BCUT2D eigenvalue weighted by molar-refractivity contribution is -0.124. The highest BCUT2D eigenvalue weighted by Crippen LogP contribution is 2.45. The van der Waals surface area contributed by atoms with Crippen LogP contribution in [0.4, 0.5) is 5.69 Å². The predicted octanol–water partition coefficient (Wildman–Crippen LogP) is 8.43. The van der Waals surface area contributed by atoms with Gasteiger partial charge in [0.2, 0.25) is 0 Å². The molecule has 47 heavy (non-hydrogen) atoms. The Kier molecular flexibility index (Phi) is 11.6. The van der Waals surface area contributed by atoms with E-state index >= 15 is 0 Å². The van der Waals surface area contributed by atoms with Gasteiger partial charge in [-0.15, -0.1) is 0 Å². The Morgan fingerprint density at radius 1 is 0.574 bits per heavy atom. The molecule has 0 aromatic heterocycles. The average Bonchev–Trinajstić information content (AvgIpc) is 3.72. The lowest BCUT2D eigenvalue weighted by Crippen LogP contribution is -2.52. The van der Waals surface area contributed by atoms with Gasteiger partial charge in [0.05, 0.1) is 18.1 Å². The molecule has 0 radical (unpaired) electrons. The number of carbonyl (C=O) groups excluding carboxylic acids is 3. The summed E-state index contributed by atoms with van der Waals surface area (Å²) in [4.78, 5) is 42.5. The van der Waals surface area contributed by atoms with Crippen molar-refractivity contribution in [1.82, 2.24) is 9.80 Å². The SMILES string of the molecule is CC(=O)C1CC2CCCC2N1C(C)(C)C.CC(=O)C1CC2CCCCC2N1C(C)(C)C.CC(=O)C1Cc2ccccc2N1C(C)(C)C. The second-order valence-corrected chi connectivity index (χ2v) is 18.3. The number of benzene rings is 1. The van der Waals surface area contributed by atoms with Crippen LogP contribution in [-0.2, 0) is 20.8 Å². The third kappa shape index (κ3) is 8.40. The van der Waals surface area contributed by atoms with Crippen LogP contribution in [-0.4, -0.2) is 74.0 Å². The number of anilines is 1. The first-order valence-electron chi connectivity index (χ1n) is 18.7. The van der Waals surface area contributed by atoms with Crippen molar-refractivity contribution in [2.75, 3.05) is 4.90 Å². The number of ketones is 3. The Morgan fingerprint density at radius 2 is 1.00 bits per heavy atom. The number of hydrogen-bond acceptors (Lipinski definition) is 6. The molecule has 2 aliphatic carbocycles. The summed E-state index contributed by atoms with van der Waals surface area (Å²) in [5.41, 5.74) is 2.77. The third-order valence-corrected chi connectivity index (χ3v) is 11.6. The van der Waals surface area contributed by atoms with Crippen LogP contribution in [0.15, 0.2) is 24.3 Å². The first-order valence-corrected chi connectivity index (χ1v) is 18.7. The molecular weight excluding hydrogens is 582 g/mol. The van der Waals surface area contributed by atoms with Crippen molar-refractivity contribution >= 4 is 23.0 Å². The van der Waals surface area contributed by atoms with Crippen molar-refractivity contribution in [3.8, 4) is 0 Å². The van der Waals surface area contributed by atoms with Crippen molar-refractivity contribution in [2.45, 2.75) is 194 Å². The Labute approximate surface area is 287 Å². The topological polar surface area (TPSA) is 60.9 Å². The summed E-state index contributed by atoms with van der Waals surface area (Å²) in [6.07, 6.45) is 12.4. The fourth-order valence-corrected chi connectivity index (χ4v) is 9.94. The minimum Gasteiger partial charge on any atom is -0.356 e. The first kappa shape index (κ1) is 37.8. The van der Waals surface area contributed by atoms with Gasteiger partial charge in [0, 0.05) is 40.8 Å². The molecule has 5 aliphatic rings. The van der Waals surface area contributed by atoms with Crippen molar-refractivity contribution < 1.29 is 14.4 Å². The molecule has 2 saturated heterocycles. The number of hydrogen-bond donors (Lipinski definition) is 0. The van der Waals surface area contributed by atoms with Gasteiger partial charge in [-0.25, -0.2) is 0 Å². The van der Waals surface area contributed by atoms with Crippen molar-refractivity contribution in [1.29, 1.82) is 0 Å². The molecule has 1 aromatic rings. The van der Waals surface area contributed by atoms with Gasteiger partial charge in [-0.3, -0.25) is 24.2 Å². The van der Waals surface area contributed by atoms with E-state index in [-0.39, 0.29) is 40.5 Å². The molecule has 6 rings (SSSR count). The number of nitrogens with zero attached hydrogens (tertiary/aromatic N) is 3. The van der Waals surface area contributed by atoms with Gasteiger partial charge in [-0.2, -0.15) is 0 Å². The van der Waals surface area contributed by atoms with Gasteiger partial charge >= 0.3 is 0 Å². The minimum absolute atomic E-state index is 0.0110. The van der Waals surface area contributed by atoms with Gasteiger partial charge in [0.1, 0.15) is 11.6 Å². The zero-order valence-corrected chi connectivity index (χ0v) is 32.0. The first-order chi connectivity index (χ1) is 21.7. The van der Waals surface area contributed by atoms with E-state index < -0.39 is 0 Å². The molecule has 4 fully saturated rings. The van der Waals surface area contributed by atoms with Gasteiger partial charge in [0.25, 0.3) is 0 Å². The molecule has 3 aliphatic heterocycles. The molecule has 1 aromatic carbocycles. The van der Waals surface area contributed by atoms with E-state index in [1.54, 1.807) is 20.8 Å². The summed E-state index contributed by atoms with van der Waals surface area (Å²) in [5.74, 6) is 2.55. The number of para-hydroxylation sites is 1. The number of fused-ring (bicyclic) bond motifs is 3. The number of rotatable bonds is 3. The molecule has 6 nitrogen and oxygen atoms in total. The van der Waals surface area contributed by atoms with E-state index in [2.05, 4.69) is 89.1 Å². The van der Waals surface area contributed by atoms with Crippen LogP contribution in [0.1, 0.15) is 146 Å². The van der Waals surface area contributed by atoms with Crippen LogP contribution >= 0.6 is 0 Å². The molecule has 6 heteroatoms. The summed E-state index contributed by atoms with van der Waals surface area (Å²) in [6.45, 7) is 25.2. The molecule has 3 heterocycles. The molecule has 0 amide bonds. The maximum atomic E-state index is 11.8. The Hall–Kier alpha value is -2.05. The van der Waals surface area contributed by atoms with Crippen LogP contribution in [0.3, 0.4) is 0 Å². The zero-order chi connectivity index (χ0) is 35.1. The highest BCUT2D eigenvalue weighted by atomic mass is 16.1. The fourth-order valence-electron chi connectivity index (χ4n) is 9.94. The van der Waals surface area contributed by atoms with E-state index in [1.807, 2.05) is 12.1 Å². The molecule has 0 bridgehead atoms. The molecule has 0 N–H and O–H groups in total. The zero-order valence-electron chi connectivity index (χ0n) is 32.0. The normalized spacial score (nSPS) is 30.8. The largest absolute Gasteiger partial charge is 0.356 e. The lowest BCUT2D eigenvalue weighted by atomic mass is 9.84. The van der Waals surface area contributed by atoms with Crippen molar-refractivity contribution in [3.63, 3.8) is 0 Å². The Bertz CT molecular complexity index is 1270. The average molecular weight is 650 g/mol. The monoisotopic (exact) mass is 650 g/mol. The Balaban J connectivity index is 0.000000160. The maximum Gasteiger partial charge on any atom is 0.152 e. The molecule has 7 unspecified atom stereocenters. The summed E-state index contributed by atoms with van der Waals surface area (Å²) in [7, 11) is 0. The van der Waals surface area contributed by atoms with E-state index in [4.69, 9.17) is 0 Å². The van der Waals surface area contributed by atoms with Gasteiger partial charge in [-0.1, -0.05) is 37.5 Å². The van der Waals surface area contributed by atoms with E-state index in [9.17, 15) is 14.4 Å². The van der Waals surface area contributed by atoms with Crippen LogP contribution < -0.4 is 4.90 Å². The van der Waals surface area contributed by atoms with Crippen LogP contribution in [0.25, 0.3) is 0 Å². The van der Waals surface area contributed by atoms with Crippen molar-refractivity contribution in [2.24, 2.45) is 11.8 Å². The number of Topliss-reactive ketones (excluding diaryl/α,β-unsaturated/α-hetero) is 3. The molecule has 2 saturated carbocycles. The molecule has 0 spiro atoms. The summed E-state index contributed by atoms with van der Waals surface area (Å²) < 4.78 is 0. The molecular formula is C41H67N3O3. The minimum atomic E-state index is -0.0110. The van der Waals surface area contributed by atoms with Crippen LogP contribution in [0.2, 0.25) is 0 Å². The highest BCUT2D eigenvalue weighted by Gasteiger charge is 2.49. The number of likely N-dealkylation sites (tertiary alicyclic amines) is 2. The summed E-state index contributed by atoms with van der Waals surface area (Å²) in [5, 5.41) is 0. The van der Waals surface area contributed by atoms with E-state index in [0.29, 0.717) is 23.7 Å². The maximum absolute atomic E-state index is 11.8.